The molecule has 0 saturated carbocycles. The third-order valence-electron chi connectivity index (χ3n) is 2.20. The Hall–Kier alpha value is -1.60. The lowest BCUT2D eigenvalue weighted by Gasteiger charge is -2.07. The minimum Gasteiger partial charge on any atom is -0.476 e. The zero-order chi connectivity index (χ0) is 11.5. The largest absolute Gasteiger partial charge is 0.476 e. The second kappa shape index (κ2) is 4.50. The van der Waals surface area contributed by atoms with Crippen LogP contribution in [0.2, 0.25) is 0 Å². The van der Waals surface area contributed by atoms with Crippen molar-refractivity contribution in [3.05, 3.63) is 34.4 Å². The van der Waals surface area contributed by atoms with E-state index in [0.717, 1.165) is 21.1 Å². The molecule has 4 heteroatoms. The van der Waals surface area contributed by atoms with Gasteiger partial charge in [-0.3, -0.25) is 0 Å². The molecule has 0 aliphatic heterocycles. The Labute approximate surface area is 102 Å². The first-order valence-electron chi connectivity index (χ1n) is 4.78. The monoisotopic (exact) mass is 276 g/mol. The Bertz CT molecular complexity index is 575. The van der Waals surface area contributed by atoms with Crippen LogP contribution in [0.15, 0.2) is 28.7 Å². The van der Waals surface area contributed by atoms with Crippen molar-refractivity contribution in [1.82, 2.24) is 4.98 Å². The van der Waals surface area contributed by atoms with Crippen molar-refractivity contribution in [3.8, 4) is 11.8 Å². The second-order valence-corrected chi connectivity index (χ2v) is 4.20. The molecule has 0 spiro atoms. The van der Waals surface area contributed by atoms with Gasteiger partial charge in [-0.2, -0.15) is 5.26 Å². The molecule has 1 aromatic heterocycles. The van der Waals surface area contributed by atoms with Gasteiger partial charge in [0.15, 0.2) is 6.61 Å². The Morgan fingerprint density at radius 3 is 2.94 bits per heavy atom. The van der Waals surface area contributed by atoms with Gasteiger partial charge >= 0.3 is 0 Å². The molecule has 1 heterocycles. The van der Waals surface area contributed by atoms with E-state index in [2.05, 4.69) is 20.9 Å². The van der Waals surface area contributed by atoms with Gasteiger partial charge in [-0.05, 0) is 31.2 Å². The molecule has 2 rings (SSSR count). The molecule has 0 aliphatic carbocycles. The van der Waals surface area contributed by atoms with Gasteiger partial charge < -0.3 is 4.74 Å². The molecule has 0 N–H and O–H groups in total. The summed E-state index contributed by atoms with van der Waals surface area (Å²) in [6, 6.07) is 9.59. The fourth-order valence-electron chi connectivity index (χ4n) is 1.48. The first-order valence-corrected chi connectivity index (χ1v) is 5.57. The number of pyridine rings is 1. The van der Waals surface area contributed by atoms with Crippen LogP contribution in [0.25, 0.3) is 10.9 Å². The molecule has 0 saturated heterocycles. The number of hydrogen-bond donors (Lipinski definition) is 0. The van der Waals surface area contributed by atoms with E-state index in [4.69, 9.17) is 10.00 Å². The van der Waals surface area contributed by atoms with Gasteiger partial charge in [0.2, 0.25) is 0 Å². The summed E-state index contributed by atoms with van der Waals surface area (Å²) in [7, 11) is 0. The number of fused-ring (bicyclic) bond motifs is 1. The van der Waals surface area contributed by atoms with E-state index < -0.39 is 0 Å². The van der Waals surface area contributed by atoms with Crippen molar-refractivity contribution >= 4 is 26.8 Å². The summed E-state index contributed by atoms with van der Waals surface area (Å²) >= 11 is 3.46. The van der Waals surface area contributed by atoms with E-state index in [1.165, 1.54) is 0 Å². The smallest absolute Gasteiger partial charge is 0.174 e. The number of ether oxygens (including phenoxy) is 1. The second-order valence-electron chi connectivity index (χ2n) is 3.34. The molecule has 0 radical (unpaired) electrons. The Morgan fingerprint density at radius 1 is 1.38 bits per heavy atom. The van der Waals surface area contributed by atoms with Gasteiger partial charge in [0.05, 0.1) is 0 Å². The highest BCUT2D eigenvalue weighted by Crippen LogP contribution is 2.30. The molecule has 2 aromatic rings. The highest BCUT2D eigenvalue weighted by Gasteiger charge is 2.07. The van der Waals surface area contributed by atoms with Gasteiger partial charge in [-0.15, -0.1) is 0 Å². The topological polar surface area (TPSA) is 45.9 Å². The van der Waals surface area contributed by atoms with Crippen LogP contribution in [0.3, 0.4) is 0 Å². The molecular formula is C12H9BrN2O. The molecule has 80 valence electrons. The molecular weight excluding hydrogens is 268 g/mol. The summed E-state index contributed by atoms with van der Waals surface area (Å²) in [5.41, 5.74) is 1.71. The number of aromatic nitrogens is 1. The van der Waals surface area contributed by atoms with Crippen molar-refractivity contribution in [1.29, 1.82) is 5.26 Å². The van der Waals surface area contributed by atoms with Crippen molar-refractivity contribution in [2.75, 3.05) is 6.61 Å². The van der Waals surface area contributed by atoms with Gasteiger partial charge in [-0.1, -0.05) is 15.9 Å². The summed E-state index contributed by atoms with van der Waals surface area (Å²) in [5, 5.41) is 9.49. The average Bonchev–Trinajstić information content (AvgIpc) is 2.28. The number of benzene rings is 1. The van der Waals surface area contributed by atoms with Crippen molar-refractivity contribution in [2.45, 2.75) is 6.92 Å². The number of nitrogens with zero attached hydrogens (tertiary/aromatic N) is 2. The van der Waals surface area contributed by atoms with Gasteiger partial charge in [0, 0.05) is 15.6 Å². The maximum atomic E-state index is 8.50. The molecule has 0 amide bonds. The normalized spacial score (nSPS) is 10.1. The van der Waals surface area contributed by atoms with Crippen LogP contribution in [0.5, 0.6) is 5.75 Å². The van der Waals surface area contributed by atoms with Crippen LogP contribution < -0.4 is 4.74 Å². The van der Waals surface area contributed by atoms with Gasteiger partial charge in [0.25, 0.3) is 0 Å². The lowest BCUT2D eigenvalue weighted by molar-refractivity contribution is 0.372. The highest BCUT2D eigenvalue weighted by molar-refractivity contribution is 9.10. The Kier molecular flexibility index (Phi) is 3.07. The molecule has 1 aromatic carbocycles. The quantitative estimate of drug-likeness (QED) is 0.846. The lowest BCUT2D eigenvalue weighted by Crippen LogP contribution is -1.96. The summed E-state index contributed by atoms with van der Waals surface area (Å²) in [4.78, 5) is 4.42. The minimum absolute atomic E-state index is 0.0341. The molecule has 0 atom stereocenters. The summed E-state index contributed by atoms with van der Waals surface area (Å²) < 4.78 is 6.31. The number of nitriles is 1. The SMILES string of the molecule is Cc1ccc2c(Br)ccc(OCC#N)c2n1. The third-order valence-corrected chi connectivity index (χ3v) is 2.89. The van der Waals surface area contributed by atoms with Crippen LogP contribution in [-0.2, 0) is 0 Å². The molecule has 0 unspecified atom stereocenters. The molecule has 16 heavy (non-hydrogen) atoms. The van der Waals surface area contributed by atoms with Crippen molar-refractivity contribution in [2.24, 2.45) is 0 Å². The van der Waals surface area contributed by atoms with Crippen molar-refractivity contribution < 1.29 is 4.74 Å². The van der Waals surface area contributed by atoms with Crippen LogP contribution in [0.1, 0.15) is 5.69 Å². The summed E-state index contributed by atoms with van der Waals surface area (Å²) in [5.74, 6) is 0.642. The maximum Gasteiger partial charge on any atom is 0.174 e. The van der Waals surface area contributed by atoms with E-state index >= 15 is 0 Å². The van der Waals surface area contributed by atoms with Crippen LogP contribution >= 0.6 is 15.9 Å². The standard InChI is InChI=1S/C12H9BrN2O/c1-8-2-3-9-10(13)4-5-11(12(9)15-8)16-7-6-14/h2-5H,7H2,1H3. The van der Waals surface area contributed by atoms with Crippen LogP contribution in [0, 0.1) is 18.3 Å². The number of hydrogen-bond acceptors (Lipinski definition) is 3. The van der Waals surface area contributed by atoms with Crippen LogP contribution in [0.4, 0.5) is 0 Å². The molecule has 0 fully saturated rings. The first-order chi connectivity index (χ1) is 7.72. The third kappa shape index (κ3) is 2.00. The maximum absolute atomic E-state index is 8.50. The molecule has 0 aliphatic rings. The Morgan fingerprint density at radius 2 is 2.19 bits per heavy atom. The van der Waals surface area contributed by atoms with E-state index in [-0.39, 0.29) is 6.61 Å². The lowest BCUT2D eigenvalue weighted by atomic mass is 10.2. The van der Waals surface area contributed by atoms with E-state index in [9.17, 15) is 0 Å². The van der Waals surface area contributed by atoms with Gasteiger partial charge in [-0.25, -0.2) is 4.98 Å². The first kappa shape index (κ1) is 10.9. The number of aryl methyl sites for hydroxylation is 1. The predicted octanol–water partition coefficient (Wildman–Crippen LogP) is 3.21. The molecule has 3 nitrogen and oxygen atoms in total. The average molecular weight is 277 g/mol. The van der Waals surface area contributed by atoms with E-state index in [0.29, 0.717) is 5.75 Å². The summed E-state index contributed by atoms with van der Waals surface area (Å²) in [6.07, 6.45) is 0. The predicted molar refractivity (Wildman–Crippen MR) is 65.3 cm³/mol. The van der Waals surface area contributed by atoms with Gasteiger partial charge in [0.1, 0.15) is 17.3 Å². The van der Waals surface area contributed by atoms with Crippen LogP contribution in [-0.4, -0.2) is 11.6 Å². The fourth-order valence-corrected chi connectivity index (χ4v) is 1.93. The molecule has 0 bridgehead atoms. The Balaban J connectivity index is 2.62. The van der Waals surface area contributed by atoms with Crippen molar-refractivity contribution in [3.63, 3.8) is 0 Å². The zero-order valence-electron chi connectivity index (χ0n) is 8.70. The fraction of sp³-hybridized carbons (Fsp3) is 0.167. The number of halogens is 1. The minimum atomic E-state index is 0.0341. The van der Waals surface area contributed by atoms with E-state index in [1.54, 1.807) is 0 Å². The number of rotatable bonds is 2. The highest BCUT2D eigenvalue weighted by atomic mass is 79.9. The zero-order valence-corrected chi connectivity index (χ0v) is 10.3. The summed E-state index contributed by atoms with van der Waals surface area (Å²) in [6.45, 7) is 1.96. The van der Waals surface area contributed by atoms with E-state index in [1.807, 2.05) is 37.3 Å².